The minimum Gasteiger partial charge on any atom is -0.548 e. The summed E-state index contributed by atoms with van der Waals surface area (Å²) in [6.45, 7) is 2.50. The fourth-order valence-electron chi connectivity index (χ4n) is 5.97. The minimum absolute atomic E-state index is 0. The Morgan fingerprint density at radius 1 is 0.978 bits per heavy atom. The Balaban J connectivity index is 0.00000552. The normalized spacial score (nSPS) is 14.5. The van der Waals surface area contributed by atoms with E-state index in [1.165, 1.54) is 43.9 Å². The third-order valence-electron chi connectivity index (χ3n) is 8.45. The van der Waals surface area contributed by atoms with Gasteiger partial charge in [0.1, 0.15) is 0 Å². The van der Waals surface area contributed by atoms with Crippen molar-refractivity contribution in [1.29, 1.82) is 0 Å². The number of thioether (sulfide) groups is 1. The second kappa shape index (κ2) is 18.0. The van der Waals surface area contributed by atoms with Crippen LogP contribution in [0.3, 0.4) is 0 Å². The van der Waals surface area contributed by atoms with E-state index in [2.05, 4.69) is 5.32 Å². The van der Waals surface area contributed by atoms with E-state index in [4.69, 9.17) is 0 Å². The van der Waals surface area contributed by atoms with Crippen molar-refractivity contribution in [2.45, 2.75) is 75.8 Å². The van der Waals surface area contributed by atoms with Crippen molar-refractivity contribution < 1.29 is 42.0 Å². The van der Waals surface area contributed by atoms with Crippen molar-refractivity contribution in [2.75, 3.05) is 18.6 Å². The maximum absolute atomic E-state index is 13.9. The van der Waals surface area contributed by atoms with Crippen LogP contribution in [0.2, 0.25) is 0 Å². The zero-order valence-electron chi connectivity index (χ0n) is 26.7. The first kappa shape index (κ1) is 36.9. The smallest absolute Gasteiger partial charge is 0.548 e. The van der Waals surface area contributed by atoms with E-state index in [1.807, 2.05) is 43.5 Å². The van der Waals surface area contributed by atoms with Crippen molar-refractivity contribution in [3.8, 4) is 11.1 Å². The summed E-state index contributed by atoms with van der Waals surface area (Å²) in [4.78, 5) is 25.5. The molecule has 0 aromatic heterocycles. The van der Waals surface area contributed by atoms with Gasteiger partial charge in [-0.1, -0.05) is 80.6 Å². The fourth-order valence-corrected chi connectivity index (χ4v) is 7.93. The van der Waals surface area contributed by atoms with Crippen LogP contribution in [0.15, 0.2) is 77.7 Å². The Kier molecular flexibility index (Phi) is 14.7. The molecule has 0 spiro atoms. The van der Waals surface area contributed by atoms with Crippen LogP contribution >= 0.6 is 11.8 Å². The van der Waals surface area contributed by atoms with Gasteiger partial charge in [0.2, 0.25) is 10.0 Å². The van der Waals surface area contributed by atoms with Crippen molar-refractivity contribution in [2.24, 2.45) is 5.92 Å². The first-order valence-electron chi connectivity index (χ1n) is 15.5. The largest absolute Gasteiger partial charge is 1.00 e. The molecule has 0 radical (unpaired) electrons. The van der Waals surface area contributed by atoms with Gasteiger partial charge in [-0.15, -0.1) is 0 Å². The molecule has 7 nitrogen and oxygen atoms in total. The van der Waals surface area contributed by atoms with Gasteiger partial charge < -0.3 is 15.2 Å². The van der Waals surface area contributed by atoms with E-state index in [-0.39, 0.29) is 36.7 Å². The second-order valence-electron chi connectivity index (χ2n) is 11.6. The molecule has 0 heterocycles. The maximum Gasteiger partial charge on any atom is 1.00 e. The number of benzene rings is 3. The SMILES string of the molecule is CSCC[C@H](NC(=O)c1ccc(CN(CCCC2CCCCC2)S(=O)(=O)c2ccccc2)cc1-c1ccccc1C)C(=O)[O-].[Li+]. The van der Waals surface area contributed by atoms with Gasteiger partial charge in [-0.2, -0.15) is 16.1 Å². The first-order chi connectivity index (χ1) is 21.2. The summed E-state index contributed by atoms with van der Waals surface area (Å²) in [7, 11) is -3.77. The zero-order valence-corrected chi connectivity index (χ0v) is 28.3. The molecule has 1 atom stereocenters. The number of aliphatic carboxylic acids is 1. The average molecular weight is 643 g/mol. The van der Waals surface area contributed by atoms with E-state index in [0.717, 1.165) is 29.5 Å². The summed E-state index contributed by atoms with van der Waals surface area (Å²) in [5, 5.41) is 14.4. The molecule has 0 bridgehead atoms. The van der Waals surface area contributed by atoms with Gasteiger partial charge in [-0.05, 0) is 90.6 Å². The molecule has 1 aliphatic carbocycles. The van der Waals surface area contributed by atoms with Crippen molar-refractivity contribution in [1.82, 2.24) is 9.62 Å². The van der Waals surface area contributed by atoms with Crippen LogP contribution < -0.4 is 29.3 Å². The number of nitrogens with zero attached hydrogens (tertiary/aromatic N) is 1. The van der Waals surface area contributed by atoms with Gasteiger partial charge in [0.15, 0.2) is 0 Å². The molecular weight excluding hydrogens is 599 g/mol. The average Bonchev–Trinajstić information content (AvgIpc) is 3.03. The van der Waals surface area contributed by atoms with E-state index < -0.39 is 27.9 Å². The number of hydrogen-bond acceptors (Lipinski definition) is 6. The summed E-state index contributed by atoms with van der Waals surface area (Å²) in [5.74, 6) is -0.617. The number of hydrogen-bond donors (Lipinski definition) is 1. The number of aryl methyl sites for hydroxylation is 1. The molecule has 236 valence electrons. The molecule has 0 saturated heterocycles. The van der Waals surface area contributed by atoms with Gasteiger partial charge in [-0.3, -0.25) is 4.79 Å². The molecule has 1 saturated carbocycles. The monoisotopic (exact) mass is 642 g/mol. The Morgan fingerprint density at radius 2 is 1.67 bits per heavy atom. The third-order valence-corrected chi connectivity index (χ3v) is 11.0. The van der Waals surface area contributed by atoms with Crippen LogP contribution in [0.25, 0.3) is 11.1 Å². The minimum atomic E-state index is -3.77. The van der Waals surface area contributed by atoms with Crippen LogP contribution in [0.1, 0.15) is 72.9 Å². The molecule has 4 rings (SSSR count). The number of carboxylic acid groups (broad SMARTS) is 1. The van der Waals surface area contributed by atoms with Crippen LogP contribution in [0, 0.1) is 12.8 Å². The molecule has 1 aliphatic rings. The third kappa shape index (κ3) is 10.2. The Morgan fingerprint density at radius 3 is 2.33 bits per heavy atom. The predicted molar refractivity (Wildman–Crippen MR) is 176 cm³/mol. The van der Waals surface area contributed by atoms with Crippen molar-refractivity contribution >= 4 is 33.7 Å². The van der Waals surface area contributed by atoms with E-state index in [0.29, 0.717) is 29.3 Å². The quantitative estimate of drug-likeness (QED) is 0.256. The van der Waals surface area contributed by atoms with E-state index in [1.54, 1.807) is 46.8 Å². The van der Waals surface area contributed by atoms with E-state index in [9.17, 15) is 23.1 Å². The summed E-state index contributed by atoms with van der Waals surface area (Å²) in [6.07, 6.45) is 10.1. The van der Waals surface area contributed by atoms with Crippen LogP contribution in [-0.4, -0.2) is 49.2 Å². The first-order valence-corrected chi connectivity index (χ1v) is 18.3. The Bertz CT molecular complexity index is 1510. The number of amides is 1. The van der Waals surface area contributed by atoms with Gasteiger partial charge in [0, 0.05) is 18.7 Å². The number of carboxylic acids is 1. The van der Waals surface area contributed by atoms with Crippen LogP contribution in [0.5, 0.6) is 0 Å². The summed E-state index contributed by atoms with van der Waals surface area (Å²) in [6, 6.07) is 20.4. The number of rotatable bonds is 15. The number of nitrogens with one attached hydrogen (secondary N) is 1. The molecule has 10 heteroatoms. The summed E-state index contributed by atoms with van der Waals surface area (Å²) >= 11 is 1.50. The van der Waals surface area contributed by atoms with Gasteiger partial charge in [-0.25, -0.2) is 8.42 Å². The van der Waals surface area contributed by atoms with Crippen molar-refractivity contribution in [3.63, 3.8) is 0 Å². The van der Waals surface area contributed by atoms with Gasteiger partial charge >= 0.3 is 18.9 Å². The van der Waals surface area contributed by atoms with E-state index >= 15 is 0 Å². The molecule has 3 aromatic carbocycles. The molecule has 45 heavy (non-hydrogen) atoms. The second-order valence-corrected chi connectivity index (χ2v) is 14.5. The number of carbonyl (C=O) groups excluding carboxylic acids is 2. The maximum atomic E-state index is 13.9. The number of carbonyl (C=O) groups is 2. The molecule has 1 fully saturated rings. The molecule has 3 aromatic rings. The van der Waals surface area contributed by atoms with Crippen LogP contribution in [-0.2, 0) is 21.4 Å². The summed E-state index contributed by atoms with van der Waals surface area (Å²) < 4.78 is 29.3. The summed E-state index contributed by atoms with van der Waals surface area (Å²) in [5.41, 5.74) is 3.46. The van der Waals surface area contributed by atoms with Gasteiger partial charge in [0.25, 0.3) is 5.91 Å². The predicted octanol–water partition coefficient (Wildman–Crippen LogP) is 2.82. The molecular formula is C35H43LiN2O5S2. The number of sulfonamides is 1. The Labute approximate surface area is 284 Å². The molecule has 1 N–H and O–H groups in total. The molecule has 1 amide bonds. The van der Waals surface area contributed by atoms with Gasteiger partial charge in [0.05, 0.1) is 16.9 Å². The molecule has 0 aliphatic heterocycles. The van der Waals surface area contributed by atoms with Crippen LogP contribution in [0.4, 0.5) is 0 Å². The zero-order chi connectivity index (χ0) is 31.5. The van der Waals surface area contributed by atoms with Crippen molar-refractivity contribution in [3.05, 3.63) is 89.5 Å². The fraction of sp³-hybridized carbons (Fsp3) is 0.429. The molecule has 0 unspecified atom stereocenters. The topological polar surface area (TPSA) is 107 Å². The Hall–Kier alpha value is -2.54. The standard InChI is InChI=1S/C35H44N2O5S2.Li/c1-26-12-9-10-18-30(26)32-24-28(19-20-31(32)34(38)36-33(35(39)40)21-23-43-2)25-37(22-11-15-27-13-5-3-6-14-27)44(41,42)29-16-7-4-8-17-29;/h4,7-10,12,16-20,24,27,33H,3,5-6,11,13-15,21-23,25H2,1-2H3,(H,36,38)(H,39,40);/q;+1/p-1/t33-;/m0./s1.